The summed E-state index contributed by atoms with van der Waals surface area (Å²) in [6.45, 7) is 1.54. The number of aromatic nitrogens is 2. The number of ether oxygens (including phenoxy) is 1. The third-order valence-corrected chi connectivity index (χ3v) is 5.66. The van der Waals surface area contributed by atoms with Gasteiger partial charge in [0, 0.05) is 54.8 Å². The van der Waals surface area contributed by atoms with Gasteiger partial charge in [-0.25, -0.2) is 0 Å². The fraction of sp³-hybridized carbons (Fsp3) is 0.320. The number of hydrogen-bond acceptors (Lipinski definition) is 4. The van der Waals surface area contributed by atoms with Gasteiger partial charge < -0.3 is 9.64 Å². The third-order valence-electron chi connectivity index (χ3n) is 5.66. The number of carbonyl (C=O) groups excluding carboxylic acids is 1. The van der Waals surface area contributed by atoms with Crippen LogP contribution in [0.25, 0.3) is 0 Å². The van der Waals surface area contributed by atoms with Crippen LogP contribution in [0.5, 0.6) is 5.75 Å². The van der Waals surface area contributed by atoms with Gasteiger partial charge in [-0.1, -0.05) is 30.3 Å². The predicted octanol–water partition coefficient (Wildman–Crippen LogP) is 4.02. The van der Waals surface area contributed by atoms with Crippen LogP contribution >= 0.6 is 0 Å². The van der Waals surface area contributed by atoms with E-state index in [1.165, 1.54) is 0 Å². The molecule has 0 spiro atoms. The summed E-state index contributed by atoms with van der Waals surface area (Å²) in [6, 6.07) is 18.1. The van der Waals surface area contributed by atoms with Gasteiger partial charge in [0.2, 0.25) is 5.91 Å². The number of nitrogens with zero attached hydrogens (tertiary/aromatic N) is 3. The van der Waals surface area contributed by atoms with Gasteiger partial charge in [-0.15, -0.1) is 0 Å². The molecule has 0 bridgehead atoms. The molecule has 1 aliphatic rings. The number of rotatable bonds is 6. The van der Waals surface area contributed by atoms with E-state index in [2.05, 4.69) is 29.2 Å². The van der Waals surface area contributed by atoms with Crippen LogP contribution in [0.3, 0.4) is 0 Å². The van der Waals surface area contributed by atoms with Crippen LogP contribution in [0.2, 0.25) is 0 Å². The van der Waals surface area contributed by atoms with Crippen molar-refractivity contribution in [2.45, 2.75) is 31.6 Å². The van der Waals surface area contributed by atoms with Gasteiger partial charge in [-0.2, -0.15) is 0 Å². The summed E-state index contributed by atoms with van der Waals surface area (Å²) >= 11 is 0. The average molecular weight is 402 g/mol. The molecule has 2 aromatic heterocycles. The fourth-order valence-electron chi connectivity index (χ4n) is 4.10. The van der Waals surface area contributed by atoms with Crippen molar-refractivity contribution in [1.82, 2.24) is 14.9 Å². The summed E-state index contributed by atoms with van der Waals surface area (Å²) in [4.78, 5) is 23.8. The predicted molar refractivity (Wildman–Crippen MR) is 117 cm³/mol. The summed E-state index contributed by atoms with van der Waals surface area (Å²) in [7, 11) is 1.70. The summed E-state index contributed by atoms with van der Waals surface area (Å²) < 4.78 is 5.48. The van der Waals surface area contributed by atoms with Gasteiger partial charge in [0.05, 0.1) is 13.5 Å². The summed E-state index contributed by atoms with van der Waals surface area (Å²) in [5, 5.41) is 0. The molecule has 3 heterocycles. The molecule has 4 rings (SSSR count). The molecule has 1 aromatic carbocycles. The number of para-hydroxylation sites is 1. The first-order valence-electron chi connectivity index (χ1n) is 10.5. The lowest BCUT2D eigenvalue weighted by molar-refractivity contribution is -0.131. The van der Waals surface area contributed by atoms with Crippen molar-refractivity contribution in [3.63, 3.8) is 0 Å². The lowest BCUT2D eigenvalue weighted by Crippen LogP contribution is -2.40. The number of hydrogen-bond donors (Lipinski definition) is 0. The molecular formula is C25H27N3O2. The van der Waals surface area contributed by atoms with E-state index in [9.17, 15) is 4.79 Å². The maximum Gasteiger partial charge on any atom is 0.227 e. The Bertz CT molecular complexity index is 990. The molecule has 154 valence electrons. The molecule has 1 aliphatic heterocycles. The Labute approximate surface area is 177 Å². The van der Waals surface area contributed by atoms with Crippen LogP contribution in [-0.2, 0) is 17.6 Å². The second-order valence-corrected chi connectivity index (χ2v) is 7.76. The molecule has 1 atom stereocenters. The zero-order valence-electron chi connectivity index (χ0n) is 17.3. The molecule has 5 heteroatoms. The van der Waals surface area contributed by atoms with E-state index in [1.54, 1.807) is 19.5 Å². The van der Waals surface area contributed by atoms with Gasteiger partial charge in [0.15, 0.2) is 0 Å². The minimum Gasteiger partial charge on any atom is -0.496 e. The molecule has 1 amide bonds. The first-order valence-corrected chi connectivity index (χ1v) is 10.5. The first kappa shape index (κ1) is 20.1. The first-order chi connectivity index (χ1) is 14.7. The molecule has 0 saturated carbocycles. The lowest BCUT2D eigenvalue weighted by atomic mass is 9.93. The van der Waals surface area contributed by atoms with E-state index in [1.807, 2.05) is 35.2 Å². The van der Waals surface area contributed by atoms with Crippen LogP contribution in [0.15, 0.2) is 67.0 Å². The molecule has 1 unspecified atom stereocenters. The molecule has 1 fully saturated rings. The third kappa shape index (κ3) is 4.85. The Balaban J connectivity index is 1.44. The van der Waals surface area contributed by atoms with E-state index in [4.69, 9.17) is 9.72 Å². The molecule has 3 aromatic rings. The molecule has 5 nitrogen and oxygen atoms in total. The molecule has 0 N–H and O–H groups in total. The topological polar surface area (TPSA) is 55.3 Å². The molecule has 1 saturated heterocycles. The van der Waals surface area contributed by atoms with Crippen LogP contribution in [0, 0.1) is 0 Å². The highest BCUT2D eigenvalue weighted by Crippen LogP contribution is 2.27. The second-order valence-electron chi connectivity index (χ2n) is 7.76. The Hall–Kier alpha value is -3.21. The summed E-state index contributed by atoms with van der Waals surface area (Å²) in [5.41, 5.74) is 4.18. The Morgan fingerprint density at radius 1 is 1.13 bits per heavy atom. The summed E-state index contributed by atoms with van der Waals surface area (Å²) in [5.74, 6) is 1.32. The van der Waals surface area contributed by atoms with Crippen LogP contribution in [-0.4, -0.2) is 41.0 Å². The maximum absolute atomic E-state index is 12.8. The summed E-state index contributed by atoms with van der Waals surface area (Å²) in [6.07, 6.45) is 6.69. The smallest absolute Gasteiger partial charge is 0.227 e. The van der Waals surface area contributed by atoms with Crippen molar-refractivity contribution >= 4 is 5.91 Å². The van der Waals surface area contributed by atoms with Crippen LogP contribution in [0.4, 0.5) is 0 Å². The minimum absolute atomic E-state index is 0.165. The van der Waals surface area contributed by atoms with Crippen LogP contribution < -0.4 is 4.74 Å². The number of likely N-dealkylation sites (tertiary alicyclic amines) is 1. The Morgan fingerprint density at radius 3 is 2.87 bits per heavy atom. The highest BCUT2D eigenvalue weighted by Gasteiger charge is 2.25. The monoisotopic (exact) mass is 401 g/mol. The number of pyridine rings is 2. The van der Waals surface area contributed by atoms with E-state index in [-0.39, 0.29) is 11.8 Å². The van der Waals surface area contributed by atoms with Crippen LogP contribution in [0.1, 0.15) is 41.3 Å². The minimum atomic E-state index is 0.165. The largest absolute Gasteiger partial charge is 0.496 e. The van der Waals surface area contributed by atoms with Crippen molar-refractivity contribution < 1.29 is 9.53 Å². The number of benzene rings is 1. The SMILES string of the molecule is COc1ccccc1Cc1cccc(C2CCCN(C(=O)Cc3cccnc3)C2)n1. The quantitative estimate of drug-likeness (QED) is 0.626. The van der Waals surface area contributed by atoms with E-state index in [0.717, 1.165) is 60.6 Å². The molecule has 0 aliphatic carbocycles. The van der Waals surface area contributed by atoms with Crippen molar-refractivity contribution in [2.24, 2.45) is 0 Å². The van der Waals surface area contributed by atoms with Crippen molar-refractivity contribution in [2.75, 3.05) is 20.2 Å². The number of carbonyl (C=O) groups is 1. The maximum atomic E-state index is 12.8. The van der Waals surface area contributed by atoms with Gasteiger partial charge in [-0.05, 0) is 42.7 Å². The van der Waals surface area contributed by atoms with Gasteiger partial charge >= 0.3 is 0 Å². The van der Waals surface area contributed by atoms with Crippen molar-refractivity contribution in [1.29, 1.82) is 0 Å². The Kier molecular flexibility index (Phi) is 6.38. The van der Waals surface area contributed by atoms with E-state index in [0.29, 0.717) is 6.42 Å². The standard InChI is InChI=1S/C25H27N3O2/c1-30-24-12-3-2-8-20(24)16-22-10-4-11-23(27-22)21-9-6-14-28(18-21)25(29)15-19-7-5-13-26-17-19/h2-5,7-8,10-13,17,21H,6,9,14-16,18H2,1H3. The normalized spacial score (nSPS) is 16.3. The highest BCUT2D eigenvalue weighted by molar-refractivity contribution is 5.78. The number of amides is 1. The van der Waals surface area contributed by atoms with Gasteiger partial charge in [0.1, 0.15) is 5.75 Å². The second kappa shape index (κ2) is 9.53. The Morgan fingerprint density at radius 2 is 2.03 bits per heavy atom. The van der Waals surface area contributed by atoms with Crippen molar-refractivity contribution in [3.8, 4) is 5.75 Å². The molecule has 0 radical (unpaired) electrons. The number of piperidine rings is 1. The fourth-order valence-corrected chi connectivity index (χ4v) is 4.10. The zero-order valence-corrected chi connectivity index (χ0v) is 17.3. The lowest BCUT2D eigenvalue weighted by Gasteiger charge is -2.32. The highest BCUT2D eigenvalue weighted by atomic mass is 16.5. The van der Waals surface area contributed by atoms with E-state index >= 15 is 0 Å². The van der Waals surface area contributed by atoms with Gasteiger partial charge in [0.25, 0.3) is 0 Å². The average Bonchev–Trinajstić information content (AvgIpc) is 2.80. The molecular weight excluding hydrogens is 374 g/mol. The van der Waals surface area contributed by atoms with Crippen molar-refractivity contribution in [3.05, 3.63) is 89.5 Å². The molecule has 30 heavy (non-hydrogen) atoms. The van der Waals surface area contributed by atoms with Gasteiger partial charge in [-0.3, -0.25) is 14.8 Å². The number of methoxy groups -OCH3 is 1. The van der Waals surface area contributed by atoms with E-state index < -0.39 is 0 Å². The zero-order chi connectivity index (χ0) is 20.8.